The number of carbonyl (C=O) groups excluding carboxylic acids is 1. The van der Waals surface area contributed by atoms with Crippen LogP contribution in [-0.4, -0.2) is 72.4 Å². The van der Waals surface area contributed by atoms with E-state index < -0.39 is 0 Å². The molecule has 1 saturated heterocycles. The number of aromatic nitrogens is 2. The van der Waals surface area contributed by atoms with E-state index in [-0.39, 0.29) is 5.91 Å². The molecule has 3 aromatic carbocycles. The van der Waals surface area contributed by atoms with E-state index in [2.05, 4.69) is 29.2 Å². The lowest BCUT2D eigenvalue weighted by atomic mass is 10.1. The highest BCUT2D eigenvalue weighted by Gasteiger charge is 2.27. The van der Waals surface area contributed by atoms with Crippen LogP contribution in [0.4, 0.5) is 0 Å². The third-order valence-electron chi connectivity index (χ3n) is 6.83. The maximum absolute atomic E-state index is 13.8. The van der Waals surface area contributed by atoms with Gasteiger partial charge < -0.3 is 14.4 Å². The molecule has 2 heterocycles. The zero-order chi connectivity index (χ0) is 27.2. The average Bonchev–Trinajstić information content (AvgIpc) is 3.42. The standard InChI is InChI=1S/C31H31ClN4O3/c1-38-24-14-15-25(30(21-24)39-2)27-22-29(36(33-27)28-13-7-6-12-26(28)32)31(37)35-19-17-34(18-20-35)16-8-11-23-9-4-3-5-10-23/h3-15,21-22H,16-20H2,1-2H3/b11-8+. The summed E-state index contributed by atoms with van der Waals surface area (Å²) in [7, 11) is 3.21. The molecule has 4 aromatic rings. The number of nitrogens with zero attached hydrogens (tertiary/aromatic N) is 4. The summed E-state index contributed by atoms with van der Waals surface area (Å²) in [6.07, 6.45) is 4.31. The van der Waals surface area contributed by atoms with Crippen LogP contribution < -0.4 is 9.47 Å². The zero-order valence-corrected chi connectivity index (χ0v) is 22.8. The summed E-state index contributed by atoms with van der Waals surface area (Å²) in [6.45, 7) is 3.70. The van der Waals surface area contributed by atoms with Gasteiger partial charge in [-0.3, -0.25) is 9.69 Å². The van der Waals surface area contributed by atoms with E-state index in [0.29, 0.717) is 46.7 Å². The molecule has 0 unspecified atom stereocenters. The van der Waals surface area contributed by atoms with E-state index in [0.717, 1.165) is 25.2 Å². The quantitative estimate of drug-likeness (QED) is 0.287. The van der Waals surface area contributed by atoms with Gasteiger partial charge in [0.15, 0.2) is 0 Å². The second-order valence-electron chi connectivity index (χ2n) is 9.25. The van der Waals surface area contributed by atoms with Crippen molar-refractivity contribution in [2.75, 3.05) is 46.9 Å². The molecule has 1 aliphatic heterocycles. The molecule has 5 rings (SSSR count). The van der Waals surface area contributed by atoms with Crippen LogP contribution in [0.5, 0.6) is 11.5 Å². The van der Waals surface area contributed by atoms with Gasteiger partial charge >= 0.3 is 0 Å². The number of piperazine rings is 1. The Morgan fingerprint density at radius 3 is 2.38 bits per heavy atom. The number of benzene rings is 3. The molecule has 39 heavy (non-hydrogen) atoms. The molecule has 0 saturated carbocycles. The van der Waals surface area contributed by atoms with Crippen molar-refractivity contribution < 1.29 is 14.3 Å². The Morgan fingerprint density at radius 2 is 1.67 bits per heavy atom. The normalized spacial score (nSPS) is 14.1. The highest BCUT2D eigenvalue weighted by Crippen LogP contribution is 2.34. The lowest BCUT2D eigenvalue weighted by molar-refractivity contribution is 0.0641. The molecule has 200 valence electrons. The van der Waals surface area contributed by atoms with Gasteiger partial charge in [-0.15, -0.1) is 0 Å². The van der Waals surface area contributed by atoms with Crippen molar-refractivity contribution in [2.45, 2.75) is 0 Å². The molecule has 1 aliphatic rings. The van der Waals surface area contributed by atoms with Crippen LogP contribution in [0.3, 0.4) is 0 Å². The van der Waals surface area contributed by atoms with Crippen molar-refractivity contribution in [3.63, 3.8) is 0 Å². The number of para-hydroxylation sites is 1. The molecule has 0 spiro atoms. The van der Waals surface area contributed by atoms with E-state index in [4.69, 9.17) is 26.2 Å². The summed E-state index contributed by atoms with van der Waals surface area (Å²) in [4.78, 5) is 18.1. The van der Waals surface area contributed by atoms with E-state index in [1.54, 1.807) is 31.0 Å². The van der Waals surface area contributed by atoms with Gasteiger partial charge in [0.25, 0.3) is 5.91 Å². The first-order valence-electron chi connectivity index (χ1n) is 12.9. The Kier molecular flexibility index (Phi) is 8.30. The number of hydrogen-bond donors (Lipinski definition) is 0. The van der Waals surface area contributed by atoms with Crippen LogP contribution in [0.15, 0.2) is 84.9 Å². The number of halogens is 1. The molecule has 1 fully saturated rings. The maximum atomic E-state index is 13.8. The van der Waals surface area contributed by atoms with E-state index in [9.17, 15) is 4.79 Å². The van der Waals surface area contributed by atoms with Gasteiger partial charge in [-0.2, -0.15) is 5.10 Å². The highest BCUT2D eigenvalue weighted by molar-refractivity contribution is 6.32. The van der Waals surface area contributed by atoms with Crippen molar-refractivity contribution in [1.29, 1.82) is 0 Å². The van der Waals surface area contributed by atoms with Gasteiger partial charge in [0, 0.05) is 44.4 Å². The third-order valence-corrected chi connectivity index (χ3v) is 7.15. The first-order valence-corrected chi connectivity index (χ1v) is 13.3. The second-order valence-corrected chi connectivity index (χ2v) is 9.66. The monoisotopic (exact) mass is 542 g/mol. The number of carbonyl (C=O) groups is 1. The van der Waals surface area contributed by atoms with Crippen molar-refractivity contribution in [2.24, 2.45) is 0 Å². The van der Waals surface area contributed by atoms with Crippen molar-refractivity contribution in [3.8, 4) is 28.4 Å². The topological polar surface area (TPSA) is 59.8 Å². The van der Waals surface area contributed by atoms with Crippen LogP contribution in [0.25, 0.3) is 23.0 Å². The van der Waals surface area contributed by atoms with Gasteiger partial charge in [0.2, 0.25) is 0 Å². The fourth-order valence-electron chi connectivity index (χ4n) is 4.68. The average molecular weight is 543 g/mol. The SMILES string of the molecule is COc1ccc(-c2cc(C(=O)N3CCN(C/C=C/c4ccccc4)CC3)n(-c3ccccc3Cl)n2)c(OC)c1. The Bertz CT molecular complexity index is 1460. The summed E-state index contributed by atoms with van der Waals surface area (Å²) >= 11 is 6.55. The molecule has 0 aliphatic carbocycles. The Balaban J connectivity index is 1.38. The first-order chi connectivity index (χ1) is 19.1. The highest BCUT2D eigenvalue weighted by atomic mass is 35.5. The summed E-state index contributed by atoms with van der Waals surface area (Å²) in [6, 6.07) is 25.0. The minimum absolute atomic E-state index is 0.0828. The molecule has 1 aromatic heterocycles. The Morgan fingerprint density at radius 1 is 0.923 bits per heavy atom. The molecule has 8 heteroatoms. The van der Waals surface area contributed by atoms with Gasteiger partial charge in [0.05, 0.1) is 30.6 Å². The van der Waals surface area contributed by atoms with Crippen LogP contribution in [-0.2, 0) is 0 Å². The lowest BCUT2D eigenvalue weighted by Crippen LogP contribution is -2.49. The van der Waals surface area contributed by atoms with Gasteiger partial charge in [-0.1, -0.05) is 66.2 Å². The minimum Gasteiger partial charge on any atom is -0.497 e. The van der Waals surface area contributed by atoms with Gasteiger partial charge in [-0.05, 0) is 35.9 Å². The zero-order valence-electron chi connectivity index (χ0n) is 22.1. The molecular formula is C31H31ClN4O3. The molecule has 7 nitrogen and oxygen atoms in total. The Hall–Kier alpha value is -4.07. The number of amides is 1. The number of hydrogen-bond acceptors (Lipinski definition) is 5. The van der Waals surface area contributed by atoms with Crippen LogP contribution in [0.2, 0.25) is 5.02 Å². The van der Waals surface area contributed by atoms with Crippen molar-refractivity contribution in [3.05, 3.63) is 101 Å². The summed E-state index contributed by atoms with van der Waals surface area (Å²) in [5.41, 5.74) is 3.65. The summed E-state index contributed by atoms with van der Waals surface area (Å²) in [5, 5.41) is 5.33. The van der Waals surface area contributed by atoms with Gasteiger partial charge in [-0.25, -0.2) is 4.68 Å². The van der Waals surface area contributed by atoms with E-state index in [1.807, 2.05) is 59.5 Å². The fraction of sp³-hybridized carbons (Fsp3) is 0.226. The number of methoxy groups -OCH3 is 2. The fourth-order valence-corrected chi connectivity index (χ4v) is 4.90. The predicted molar refractivity (Wildman–Crippen MR) is 155 cm³/mol. The largest absolute Gasteiger partial charge is 0.497 e. The van der Waals surface area contributed by atoms with E-state index in [1.165, 1.54) is 5.56 Å². The molecule has 0 atom stereocenters. The first kappa shape index (κ1) is 26.5. The van der Waals surface area contributed by atoms with Crippen LogP contribution in [0, 0.1) is 0 Å². The number of ether oxygens (including phenoxy) is 2. The van der Waals surface area contributed by atoms with Crippen molar-refractivity contribution in [1.82, 2.24) is 19.6 Å². The number of rotatable bonds is 8. The van der Waals surface area contributed by atoms with E-state index >= 15 is 0 Å². The minimum atomic E-state index is -0.0828. The third kappa shape index (κ3) is 6.00. The van der Waals surface area contributed by atoms with Crippen LogP contribution >= 0.6 is 11.6 Å². The summed E-state index contributed by atoms with van der Waals surface area (Å²) < 4.78 is 12.6. The van der Waals surface area contributed by atoms with Crippen molar-refractivity contribution >= 4 is 23.6 Å². The van der Waals surface area contributed by atoms with Crippen LogP contribution in [0.1, 0.15) is 16.1 Å². The van der Waals surface area contributed by atoms with Gasteiger partial charge in [0.1, 0.15) is 17.2 Å². The molecule has 0 bridgehead atoms. The Labute approximate surface area is 233 Å². The maximum Gasteiger partial charge on any atom is 0.272 e. The second kappa shape index (κ2) is 12.2. The molecule has 0 radical (unpaired) electrons. The molecule has 0 N–H and O–H groups in total. The lowest BCUT2D eigenvalue weighted by Gasteiger charge is -2.34. The molecule has 1 amide bonds. The molecular weight excluding hydrogens is 512 g/mol. The summed E-state index contributed by atoms with van der Waals surface area (Å²) in [5.74, 6) is 1.20. The predicted octanol–water partition coefficient (Wildman–Crippen LogP) is 5.68. The smallest absolute Gasteiger partial charge is 0.272 e.